The number of amides is 1. The van der Waals surface area contributed by atoms with Gasteiger partial charge in [0.15, 0.2) is 6.10 Å². The molecule has 3 aromatic rings. The van der Waals surface area contributed by atoms with Crippen LogP contribution in [-0.2, 0) is 4.79 Å². The molecule has 2 aromatic carbocycles. The summed E-state index contributed by atoms with van der Waals surface area (Å²) < 4.78 is 5.87. The van der Waals surface area contributed by atoms with Gasteiger partial charge >= 0.3 is 0 Å². The summed E-state index contributed by atoms with van der Waals surface area (Å²) in [6, 6.07) is 13.5. The van der Waals surface area contributed by atoms with E-state index in [2.05, 4.69) is 10.3 Å². The maximum Gasteiger partial charge on any atom is 0.265 e. The van der Waals surface area contributed by atoms with Gasteiger partial charge in [0.25, 0.3) is 5.91 Å². The number of nitrogens with zero attached hydrogens (tertiary/aromatic N) is 1. The van der Waals surface area contributed by atoms with Gasteiger partial charge in [0.05, 0.1) is 11.2 Å². The first-order valence-corrected chi connectivity index (χ1v) is 8.35. The van der Waals surface area contributed by atoms with Crippen molar-refractivity contribution in [2.75, 3.05) is 5.32 Å². The molecule has 0 aliphatic carbocycles. The lowest BCUT2D eigenvalue weighted by Gasteiger charge is -2.18. The number of fused-ring (bicyclic) bond motifs is 1. The van der Waals surface area contributed by atoms with Crippen molar-refractivity contribution in [3.63, 3.8) is 0 Å². The Morgan fingerprint density at radius 2 is 1.84 bits per heavy atom. The Morgan fingerprint density at radius 3 is 2.64 bits per heavy atom. The molecule has 1 atom stereocenters. The highest BCUT2D eigenvalue weighted by molar-refractivity contribution is 6.03. The van der Waals surface area contributed by atoms with Crippen molar-refractivity contribution in [3.05, 3.63) is 65.4 Å². The normalized spacial score (nSPS) is 12.0. The van der Waals surface area contributed by atoms with Crippen LogP contribution >= 0.6 is 0 Å². The number of anilines is 1. The van der Waals surface area contributed by atoms with E-state index in [0.29, 0.717) is 0 Å². The Balaban J connectivity index is 1.80. The van der Waals surface area contributed by atoms with Crippen LogP contribution in [0.3, 0.4) is 0 Å². The molecule has 25 heavy (non-hydrogen) atoms. The van der Waals surface area contributed by atoms with Gasteiger partial charge in [0, 0.05) is 11.6 Å². The summed E-state index contributed by atoms with van der Waals surface area (Å²) in [4.78, 5) is 17.0. The maximum atomic E-state index is 12.6. The summed E-state index contributed by atoms with van der Waals surface area (Å²) in [7, 11) is 0. The molecule has 3 rings (SSSR count). The Morgan fingerprint density at radius 1 is 1.04 bits per heavy atom. The van der Waals surface area contributed by atoms with Crippen molar-refractivity contribution >= 4 is 22.5 Å². The first-order valence-electron chi connectivity index (χ1n) is 8.35. The predicted octanol–water partition coefficient (Wildman–Crippen LogP) is 4.57. The molecule has 1 amide bonds. The fourth-order valence-corrected chi connectivity index (χ4v) is 2.75. The van der Waals surface area contributed by atoms with Crippen LogP contribution in [0, 0.1) is 20.8 Å². The third-order valence-electron chi connectivity index (χ3n) is 4.46. The number of aryl methyl sites for hydroxylation is 2. The second-order valence-electron chi connectivity index (χ2n) is 6.28. The van der Waals surface area contributed by atoms with Crippen LogP contribution in [0.2, 0.25) is 0 Å². The smallest absolute Gasteiger partial charge is 0.265 e. The van der Waals surface area contributed by atoms with Gasteiger partial charge in [-0.15, -0.1) is 0 Å². The number of carbonyl (C=O) groups excluding carboxylic acids is 1. The minimum Gasteiger partial charge on any atom is -0.481 e. The lowest BCUT2D eigenvalue weighted by Crippen LogP contribution is -2.30. The Labute approximate surface area is 147 Å². The molecule has 1 aromatic heterocycles. The summed E-state index contributed by atoms with van der Waals surface area (Å²) in [5.41, 5.74) is 4.90. The maximum absolute atomic E-state index is 12.6. The molecular formula is C21H22N2O2. The lowest BCUT2D eigenvalue weighted by molar-refractivity contribution is -0.122. The van der Waals surface area contributed by atoms with Gasteiger partial charge in [-0.25, -0.2) is 0 Å². The third kappa shape index (κ3) is 3.48. The summed E-state index contributed by atoms with van der Waals surface area (Å²) in [6.45, 7) is 7.78. The molecule has 0 saturated heterocycles. The lowest BCUT2D eigenvalue weighted by atomic mass is 10.1. The monoisotopic (exact) mass is 334 g/mol. The van der Waals surface area contributed by atoms with Crippen molar-refractivity contribution < 1.29 is 9.53 Å². The Bertz CT molecular complexity index is 934. The van der Waals surface area contributed by atoms with Crippen LogP contribution in [-0.4, -0.2) is 17.0 Å². The van der Waals surface area contributed by atoms with Gasteiger partial charge in [-0.05, 0) is 68.7 Å². The molecular weight excluding hydrogens is 312 g/mol. The van der Waals surface area contributed by atoms with Crippen LogP contribution in [0.25, 0.3) is 10.9 Å². The minimum absolute atomic E-state index is 0.185. The number of ether oxygens (including phenoxy) is 1. The molecule has 1 heterocycles. The zero-order valence-electron chi connectivity index (χ0n) is 15.0. The van der Waals surface area contributed by atoms with Gasteiger partial charge in [-0.1, -0.05) is 18.2 Å². The molecule has 128 valence electrons. The molecule has 4 nitrogen and oxygen atoms in total. The van der Waals surface area contributed by atoms with E-state index in [1.54, 1.807) is 13.1 Å². The number of hydrogen-bond acceptors (Lipinski definition) is 3. The number of carbonyl (C=O) groups is 1. The quantitative estimate of drug-likeness (QED) is 0.760. The number of pyridine rings is 1. The molecule has 0 saturated carbocycles. The fraction of sp³-hybridized carbons (Fsp3) is 0.238. The third-order valence-corrected chi connectivity index (χ3v) is 4.46. The highest BCUT2D eigenvalue weighted by Gasteiger charge is 2.17. The second kappa shape index (κ2) is 6.93. The number of hydrogen-bond donors (Lipinski definition) is 1. The fourth-order valence-electron chi connectivity index (χ4n) is 2.75. The first kappa shape index (κ1) is 17.0. The summed E-state index contributed by atoms with van der Waals surface area (Å²) in [5, 5.41) is 3.89. The van der Waals surface area contributed by atoms with E-state index in [9.17, 15) is 4.79 Å². The average molecular weight is 334 g/mol. The number of aromatic nitrogens is 1. The zero-order chi connectivity index (χ0) is 18.0. The van der Waals surface area contributed by atoms with Crippen molar-refractivity contribution in [1.82, 2.24) is 4.98 Å². The van der Waals surface area contributed by atoms with Gasteiger partial charge in [-0.3, -0.25) is 9.78 Å². The molecule has 0 bridgehead atoms. The summed E-state index contributed by atoms with van der Waals surface area (Å²) >= 11 is 0. The summed E-state index contributed by atoms with van der Waals surface area (Å²) in [6.07, 6.45) is 1.15. The Kier molecular flexibility index (Phi) is 4.70. The zero-order valence-corrected chi connectivity index (χ0v) is 15.0. The van der Waals surface area contributed by atoms with E-state index in [0.717, 1.165) is 39.0 Å². The van der Waals surface area contributed by atoms with Crippen molar-refractivity contribution in [1.29, 1.82) is 0 Å². The number of rotatable bonds is 4. The van der Waals surface area contributed by atoms with Gasteiger partial charge in [0.2, 0.25) is 0 Å². The van der Waals surface area contributed by atoms with E-state index in [4.69, 9.17) is 4.74 Å². The molecule has 0 aliphatic rings. The van der Waals surface area contributed by atoms with Gasteiger partial charge in [-0.2, -0.15) is 0 Å². The van der Waals surface area contributed by atoms with Crippen molar-refractivity contribution in [3.8, 4) is 5.75 Å². The summed E-state index contributed by atoms with van der Waals surface area (Å²) in [5.74, 6) is 0.549. The predicted molar refractivity (Wildman–Crippen MR) is 101 cm³/mol. The Hall–Kier alpha value is -2.88. The molecule has 4 heteroatoms. The van der Waals surface area contributed by atoms with Gasteiger partial charge < -0.3 is 10.1 Å². The second-order valence-corrected chi connectivity index (χ2v) is 6.28. The van der Waals surface area contributed by atoms with E-state index < -0.39 is 6.10 Å². The standard InChI is InChI=1S/C21H22N2O2/c1-13-7-5-9-19(15(13)3)25-16(4)21(24)23-18-11-10-14(2)20-17(18)8-6-12-22-20/h5-12,16H,1-4H3,(H,23,24)/t16-/m0/s1. The van der Waals surface area contributed by atoms with E-state index in [-0.39, 0.29) is 5.91 Å². The van der Waals surface area contributed by atoms with Crippen molar-refractivity contribution in [2.24, 2.45) is 0 Å². The molecule has 0 radical (unpaired) electrons. The van der Waals surface area contributed by atoms with Gasteiger partial charge in [0.1, 0.15) is 5.75 Å². The van der Waals surface area contributed by atoms with Crippen LogP contribution in [0.5, 0.6) is 5.75 Å². The largest absolute Gasteiger partial charge is 0.481 e. The molecule has 0 aliphatic heterocycles. The highest BCUT2D eigenvalue weighted by Crippen LogP contribution is 2.25. The number of nitrogens with one attached hydrogen (secondary N) is 1. The van der Waals surface area contributed by atoms with E-state index >= 15 is 0 Å². The minimum atomic E-state index is -0.603. The van der Waals surface area contributed by atoms with E-state index in [1.165, 1.54) is 0 Å². The van der Waals surface area contributed by atoms with Crippen molar-refractivity contribution in [2.45, 2.75) is 33.8 Å². The molecule has 1 N–H and O–H groups in total. The molecule has 0 fully saturated rings. The topological polar surface area (TPSA) is 51.2 Å². The van der Waals surface area contributed by atoms with Crippen LogP contribution < -0.4 is 10.1 Å². The molecule has 0 spiro atoms. The molecule has 0 unspecified atom stereocenters. The van der Waals surface area contributed by atoms with Crippen LogP contribution in [0.1, 0.15) is 23.6 Å². The first-order chi connectivity index (χ1) is 12.0. The number of benzene rings is 2. The highest BCUT2D eigenvalue weighted by atomic mass is 16.5. The average Bonchev–Trinajstić information content (AvgIpc) is 2.61. The van der Waals surface area contributed by atoms with Crippen LogP contribution in [0.15, 0.2) is 48.7 Å². The van der Waals surface area contributed by atoms with E-state index in [1.807, 2.05) is 63.2 Å². The SMILES string of the molecule is Cc1cccc(O[C@@H](C)C(=O)Nc2ccc(C)c3ncccc23)c1C. The van der Waals surface area contributed by atoms with Crippen LogP contribution in [0.4, 0.5) is 5.69 Å².